The van der Waals surface area contributed by atoms with Gasteiger partial charge in [0, 0.05) is 13.6 Å². The number of aryl methyl sites for hydroxylation is 1. The summed E-state index contributed by atoms with van der Waals surface area (Å²) < 4.78 is 1.70. The Morgan fingerprint density at radius 3 is 3.00 bits per heavy atom. The molecule has 2 aromatic rings. The molecule has 0 saturated heterocycles. The largest absolute Gasteiger partial charge is 0.355 e. The number of carbonyl (C=O) groups excluding carboxylic acids is 1. The van der Waals surface area contributed by atoms with E-state index in [-0.39, 0.29) is 5.91 Å². The summed E-state index contributed by atoms with van der Waals surface area (Å²) in [5.74, 6) is 0.991. The van der Waals surface area contributed by atoms with Crippen molar-refractivity contribution in [2.75, 3.05) is 12.3 Å². The molecule has 0 fully saturated rings. The highest BCUT2D eigenvalue weighted by molar-refractivity contribution is 8.00. The molecule has 0 unspecified atom stereocenters. The maximum atomic E-state index is 11.7. The van der Waals surface area contributed by atoms with Crippen molar-refractivity contribution in [1.29, 1.82) is 0 Å². The van der Waals surface area contributed by atoms with E-state index in [1.165, 1.54) is 18.1 Å². The molecule has 2 heterocycles. The molecule has 2 rings (SSSR count). The van der Waals surface area contributed by atoms with Gasteiger partial charge in [0.2, 0.25) is 5.91 Å². The highest BCUT2D eigenvalue weighted by atomic mass is 32.2. The normalized spacial score (nSPS) is 11.2. The van der Waals surface area contributed by atoms with Gasteiger partial charge in [0.15, 0.2) is 5.65 Å². The molecule has 0 bridgehead atoms. The molecular formula is C13H19N5OS. The molecule has 20 heavy (non-hydrogen) atoms. The first kappa shape index (κ1) is 14.8. The van der Waals surface area contributed by atoms with Crippen LogP contribution in [0.15, 0.2) is 17.6 Å². The predicted molar refractivity (Wildman–Crippen MR) is 79.5 cm³/mol. The van der Waals surface area contributed by atoms with E-state index in [1.54, 1.807) is 10.9 Å². The van der Waals surface area contributed by atoms with Gasteiger partial charge in [-0.25, -0.2) is 9.97 Å². The van der Waals surface area contributed by atoms with Crippen molar-refractivity contribution in [1.82, 2.24) is 25.1 Å². The molecule has 0 saturated carbocycles. The SMILES string of the molecule is CC(C)CCNC(=O)CSc1ncnc2c1cnn2C. The monoisotopic (exact) mass is 293 g/mol. The van der Waals surface area contributed by atoms with Crippen molar-refractivity contribution in [3.8, 4) is 0 Å². The molecule has 108 valence electrons. The fraction of sp³-hybridized carbons (Fsp3) is 0.538. The van der Waals surface area contributed by atoms with Crippen LogP contribution in [0.3, 0.4) is 0 Å². The highest BCUT2D eigenvalue weighted by Gasteiger charge is 2.10. The number of rotatable bonds is 6. The van der Waals surface area contributed by atoms with Gasteiger partial charge in [-0.05, 0) is 12.3 Å². The van der Waals surface area contributed by atoms with E-state index < -0.39 is 0 Å². The standard InChI is InChI=1S/C13H19N5OS/c1-9(2)4-5-14-11(19)7-20-13-10-6-17-18(3)12(10)15-8-16-13/h6,8-9H,4-5,7H2,1-3H3,(H,14,19). The number of fused-ring (bicyclic) bond motifs is 1. The number of nitrogens with one attached hydrogen (secondary N) is 1. The van der Waals surface area contributed by atoms with Crippen LogP contribution in [-0.4, -0.2) is 38.0 Å². The van der Waals surface area contributed by atoms with Crippen LogP contribution in [-0.2, 0) is 11.8 Å². The van der Waals surface area contributed by atoms with Gasteiger partial charge >= 0.3 is 0 Å². The Bertz CT molecular complexity index is 595. The average Bonchev–Trinajstić information content (AvgIpc) is 2.78. The summed E-state index contributed by atoms with van der Waals surface area (Å²) in [6.45, 7) is 5.00. The molecule has 0 radical (unpaired) electrons. The molecular weight excluding hydrogens is 274 g/mol. The van der Waals surface area contributed by atoms with Gasteiger partial charge in [-0.15, -0.1) is 0 Å². The van der Waals surface area contributed by atoms with E-state index in [1.807, 2.05) is 7.05 Å². The molecule has 7 heteroatoms. The molecule has 0 spiro atoms. The number of hydrogen-bond acceptors (Lipinski definition) is 5. The Labute approximate surface area is 122 Å². The van der Waals surface area contributed by atoms with Gasteiger partial charge < -0.3 is 5.32 Å². The summed E-state index contributed by atoms with van der Waals surface area (Å²) in [6, 6.07) is 0. The first-order valence-corrected chi connectivity index (χ1v) is 7.58. The fourth-order valence-electron chi connectivity index (χ4n) is 1.74. The van der Waals surface area contributed by atoms with Gasteiger partial charge in [-0.2, -0.15) is 5.10 Å². The zero-order valence-corrected chi connectivity index (χ0v) is 12.8. The van der Waals surface area contributed by atoms with Crippen LogP contribution in [0.25, 0.3) is 11.0 Å². The predicted octanol–water partition coefficient (Wildman–Crippen LogP) is 1.62. The second-order valence-electron chi connectivity index (χ2n) is 5.01. The van der Waals surface area contributed by atoms with Gasteiger partial charge in [0.05, 0.1) is 17.3 Å². The van der Waals surface area contributed by atoms with Gasteiger partial charge in [0.1, 0.15) is 11.4 Å². The van der Waals surface area contributed by atoms with Crippen LogP contribution in [0.2, 0.25) is 0 Å². The average molecular weight is 293 g/mol. The fourth-order valence-corrected chi connectivity index (χ4v) is 2.53. The first-order chi connectivity index (χ1) is 9.58. The number of thioether (sulfide) groups is 1. The lowest BCUT2D eigenvalue weighted by molar-refractivity contribution is -0.118. The van der Waals surface area contributed by atoms with Crippen molar-refractivity contribution in [2.24, 2.45) is 13.0 Å². The third kappa shape index (κ3) is 3.69. The lowest BCUT2D eigenvalue weighted by Gasteiger charge is -2.07. The second kappa shape index (κ2) is 6.69. The van der Waals surface area contributed by atoms with Gasteiger partial charge in [-0.1, -0.05) is 25.6 Å². The maximum absolute atomic E-state index is 11.7. The molecule has 0 aliphatic rings. The summed E-state index contributed by atoms with van der Waals surface area (Å²) in [5, 5.41) is 8.74. The Balaban J connectivity index is 1.91. The van der Waals surface area contributed by atoms with Gasteiger partial charge in [-0.3, -0.25) is 9.48 Å². The van der Waals surface area contributed by atoms with Crippen molar-refractivity contribution >= 4 is 28.7 Å². The van der Waals surface area contributed by atoms with Crippen molar-refractivity contribution in [3.05, 3.63) is 12.5 Å². The summed E-state index contributed by atoms with van der Waals surface area (Å²) in [6.07, 6.45) is 4.23. The Kier molecular flexibility index (Phi) is 4.94. The molecule has 6 nitrogen and oxygen atoms in total. The summed E-state index contributed by atoms with van der Waals surface area (Å²) in [4.78, 5) is 20.1. The van der Waals surface area contributed by atoms with E-state index in [9.17, 15) is 4.79 Å². The van der Waals surface area contributed by atoms with Crippen LogP contribution in [0.5, 0.6) is 0 Å². The molecule has 2 aromatic heterocycles. The third-order valence-corrected chi connectivity index (χ3v) is 3.88. The Morgan fingerprint density at radius 2 is 2.25 bits per heavy atom. The molecule has 0 aliphatic carbocycles. The quantitative estimate of drug-likeness (QED) is 0.647. The third-order valence-electron chi connectivity index (χ3n) is 2.88. The van der Waals surface area contributed by atoms with E-state index in [4.69, 9.17) is 0 Å². The topological polar surface area (TPSA) is 72.7 Å². The molecule has 0 aliphatic heterocycles. The van der Waals surface area contributed by atoms with E-state index in [0.29, 0.717) is 11.7 Å². The number of carbonyl (C=O) groups is 1. The molecule has 1 N–H and O–H groups in total. The lowest BCUT2D eigenvalue weighted by atomic mass is 10.1. The minimum atomic E-state index is 0.0336. The van der Waals surface area contributed by atoms with E-state index in [0.717, 1.165) is 29.0 Å². The summed E-state index contributed by atoms with van der Waals surface area (Å²) in [5.41, 5.74) is 0.780. The lowest BCUT2D eigenvalue weighted by Crippen LogP contribution is -2.26. The number of nitrogens with zero attached hydrogens (tertiary/aromatic N) is 4. The van der Waals surface area contributed by atoms with Gasteiger partial charge in [0.25, 0.3) is 0 Å². The number of aromatic nitrogens is 4. The zero-order chi connectivity index (χ0) is 14.5. The minimum absolute atomic E-state index is 0.0336. The Hall–Kier alpha value is -1.63. The van der Waals surface area contributed by atoms with Crippen LogP contribution in [0.1, 0.15) is 20.3 Å². The summed E-state index contributed by atoms with van der Waals surface area (Å²) in [7, 11) is 1.84. The van der Waals surface area contributed by atoms with Crippen molar-refractivity contribution < 1.29 is 4.79 Å². The molecule has 0 aromatic carbocycles. The van der Waals surface area contributed by atoms with Crippen molar-refractivity contribution in [2.45, 2.75) is 25.3 Å². The summed E-state index contributed by atoms with van der Waals surface area (Å²) >= 11 is 1.41. The second-order valence-corrected chi connectivity index (χ2v) is 5.97. The highest BCUT2D eigenvalue weighted by Crippen LogP contribution is 2.23. The van der Waals surface area contributed by atoms with Crippen LogP contribution in [0, 0.1) is 5.92 Å². The first-order valence-electron chi connectivity index (χ1n) is 6.60. The minimum Gasteiger partial charge on any atom is -0.355 e. The molecule has 1 amide bonds. The van der Waals surface area contributed by atoms with Crippen molar-refractivity contribution in [3.63, 3.8) is 0 Å². The Morgan fingerprint density at radius 1 is 1.45 bits per heavy atom. The zero-order valence-electron chi connectivity index (χ0n) is 12.0. The maximum Gasteiger partial charge on any atom is 0.230 e. The number of amides is 1. The smallest absolute Gasteiger partial charge is 0.230 e. The van der Waals surface area contributed by atoms with Crippen LogP contribution >= 0.6 is 11.8 Å². The number of hydrogen-bond donors (Lipinski definition) is 1. The van der Waals surface area contributed by atoms with Crippen LogP contribution in [0.4, 0.5) is 0 Å². The van der Waals surface area contributed by atoms with E-state index in [2.05, 4.69) is 34.2 Å². The van der Waals surface area contributed by atoms with E-state index >= 15 is 0 Å². The van der Waals surface area contributed by atoms with Crippen LogP contribution < -0.4 is 5.32 Å². The molecule has 0 atom stereocenters.